The fourth-order valence-corrected chi connectivity index (χ4v) is 4.21. The summed E-state index contributed by atoms with van der Waals surface area (Å²) in [6.07, 6.45) is 4.56. The zero-order chi connectivity index (χ0) is 20.2. The Morgan fingerprint density at radius 3 is 2.83 bits per heavy atom. The quantitative estimate of drug-likeness (QED) is 0.668. The molecule has 3 aromatic heterocycles. The molecule has 4 heterocycles. The Morgan fingerprint density at radius 1 is 1.17 bits per heavy atom. The van der Waals surface area contributed by atoms with Gasteiger partial charge in [0.25, 0.3) is 5.91 Å². The van der Waals surface area contributed by atoms with Gasteiger partial charge in [0.15, 0.2) is 0 Å². The van der Waals surface area contributed by atoms with E-state index in [2.05, 4.69) is 37.5 Å². The van der Waals surface area contributed by atoms with E-state index in [1.54, 1.807) is 29.2 Å². The van der Waals surface area contributed by atoms with Gasteiger partial charge in [0.2, 0.25) is 0 Å². The van der Waals surface area contributed by atoms with Crippen LogP contribution in [0.5, 0.6) is 0 Å². The van der Waals surface area contributed by atoms with Gasteiger partial charge in [0.05, 0.1) is 39.5 Å². The second kappa shape index (κ2) is 8.89. The molecule has 1 aliphatic rings. The predicted molar refractivity (Wildman–Crippen MR) is 114 cm³/mol. The van der Waals surface area contributed by atoms with Gasteiger partial charge >= 0.3 is 0 Å². The first-order valence-electron chi connectivity index (χ1n) is 9.43. The summed E-state index contributed by atoms with van der Waals surface area (Å²) in [6, 6.07) is 7.41. The van der Waals surface area contributed by atoms with Crippen LogP contribution in [0.4, 0.5) is 5.82 Å². The third-order valence-electron chi connectivity index (χ3n) is 4.87. The fourth-order valence-electron chi connectivity index (χ4n) is 3.25. The lowest BCUT2D eigenvalue weighted by Crippen LogP contribution is -2.29. The number of anilines is 1. The van der Waals surface area contributed by atoms with Crippen LogP contribution in [0.3, 0.4) is 0 Å². The molecular weight excluding hydrogens is 410 g/mol. The summed E-state index contributed by atoms with van der Waals surface area (Å²) in [5, 5.41) is 11.0. The van der Waals surface area contributed by atoms with Gasteiger partial charge in [-0.15, -0.1) is 16.4 Å². The molecule has 0 bridgehead atoms. The molecule has 0 aromatic carbocycles. The number of amides is 1. The van der Waals surface area contributed by atoms with E-state index >= 15 is 0 Å². The van der Waals surface area contributed by atoms with Crippen molar-refractivity contribution in [3.63, 3.8) is 0 Å². The lowest BCUT2D eigenvalue weighted by Gasteiger charge is -2.21. The van der Waals surface area contributed by atoms with Crippen LogP contribution in [0, 0.1) is 0 Å². The van der Waals surface area contributed by atoms with Crippen molar-refractivity contribution >= 4 is 34.7 Å². The second-order valence-electron chi connectivity index (χ2n) is 6.94. The topological polar surface area (TPSA) is 79.2 Å². The number of pyridine rings is 1. The number of hydrogen-bond donors (Lipinski definition) is 1. The first-order valence-corrected chi connectivity index (χ1v) is 10.6. The Labute approximate surface area is 178 Å². The largest absolute Gasteiger partial charge is 0.355 e. The molecule has 8 nitrogen and oxygen atoms in total. The SMILES string of the molecule is CN1CCCN(c2ccc(-n3nncc3CNC(=O)c3ccc(Cl)s3)cn2)CC1. The molecule has 0 aliphatic carbocycles. The van der Waals surface area contributed by atoms with Crippen molar-refractivity contribution in [2.24, 2.45) is 0 Å². The van der Waals surface area contributed by atoms with Gasteiger partial charge in [0.1, 0.15) is 5.82 Å². The predicted octanol–water partition coefficient (Wildman–Crippen LogP) is 2.45. The number of halogens is 1. The zero-order valence-electron chi connectivity index (χ0n) is 16.1. The van der Waals surface area contributed by atoms with Gasteiger partial charge < -0.3 is 15.1 Å². The smallest absolute Gasteiger partial charge is 0.261 e. The van der Waals surface area contributed by atoms with Crippen molar-refractivity contribution in [3.8, 4) is 5.69 Å². The highest BCUT2D eigenvalue weighted by atomic mass is 35.5. The summed E-state index contributed by atoms with van der Waals surface area (Å²) in [5.41, 5.74) is 1.58. The van der Waals surface area contributed by atoms with Crippen LogP contribution in [-0.4, -0.2) is 64.0 Å². The van der Waals surface area contributed by atoms with E-state index in [9.17, 15) is 4.79 Å². The minimum atomic E-state index is -0.172. The Balaban J connectivity index is 1.43. The van der Waals surface area contributed by atoms with Crippen molar-refractivity contribution in [2.75, 3.05) is 38.1 Å². The molecule has 4 rings (SSSR count). The molecule has 1 N–H and O–H groups in total. The molecule has 1 aliphatic heterocycles. The first kappa shape index (κ1) is 19.8. The minimum absolute atomic E-state index is 0.172. The van der Waals surface area contributed by atoms with Crippen molar-refractivity contribution in [2.45, 2.75) is 13.0 Å². The monoisotopic (exact) mass is 431 g/mol. The molecule has 152 valence electrons. The van der Waals surface area contributed by atoms with Crippen molar-refractivity contribution in [1.29, 1.82) is 0 Å². The molecule has 10 heteroatoms. The number of aromatic nitrogens is 4. The molecule has 0 spiro atoms. The maximum atomic E-state index is 12.2. The van der Waals surface area contributed by atoms with Gasteiger partial charge in [-0.05, 0) is 44.3 Å². The molecule has 1 fully saturated rings. The molecule has 1 saturated heterocycles. The fraction of sp³-hybridized carbons (Fsp3) is 0.368. The Morgan fingerprint density at radius 2 is 2.07 bits per heavy atom. The van der Waals surface area contributed by atoms with E-state index < -0.39 is 0 Å². The highest BCUT2D eigenvalue weighted by Gasteiger charge is 2.15. The van der Waals surface area contributed by atoms with Crippen molar-refractivity contribution in [1.82, 2.24) is 30.2 Å². The van der Waals surface area contributed by atoms with E-state index in [4.69, 9.17) is 11.6 Å². The zero-order valence-corrected chi connectivity index (χ0v) is 17.7. The summed E-state index contributed by atoms with van der Waals surface area (Å²) in [7, 11) is 2.15. The van der Waals surface area contributed by atoms with Gasteiger partial charge in [-0.1, -0.05) is 16.8 Å². The van der Waals surface area contributed by atoms with Crippen LogP contribution in [0.25, 0.3) is 5.69 Å². The number of nitrogens with one attached hydrogen (secondary N) is 1. The van der Waals surface area contributed by atoms with E-state index in [0.29, 0.717) is 15.8 Å². The summed E-state index contributed by atoms with van der Waals surface area (Å²) in [4.78, 5) is 22.1. The molecule has 0 radical (unpaired) electrons. The summed E-state index contributed by atoms with van der Waals surface area (Å²) >= 11 is 7.14. The lowest BCUT2D eigenvalue weighted by molar-refractivity contribution is 0.0954. The number of likely N-dealkylation sites (N-methyl/N-ethyl adjacent to an activating group) is 1. The second-order valence-corrected chi connectivity index (χ2v) is 8.66. The summed E-state index contributed by atoms with van der Waals surface area (Å²) in [6.45, 7) is 4.42. The van der Waals surface area contributed by atoms with Crippen LogP contribution < -0.4 is 10.2 Å². The van der Waals surface area contributed by atoms with Crippen LogP contribution in [0.1, 0.15) is 21.8 Å². The minimum Gasteiger partial charge on any atom is -0.355 e. The Kier molecular flexibility index (Phi) is 6.08. The molecule has 29 heavy (non-hydrogen) atoms. The molecular formula is C19H22ClN7OS. The number of carbonyl (C=O) groups is 1. The van der Waals surface area contributed by atoms with E-state index in [1.807, 2.05) is 12.1 Å². The average molecular weight is 432 g/mol. The van der Waals surface area contributed by atoms with Crippen LogP contribution >= 0.6 is 22.9 Å². The summed E-state index contributed by atoms with van der Waals surface area (Å²) < 4.78 is 2.28. The molecule has 0 atom stereocenters. The molecule has 0 saturated carbocycles. The highest BCUT2D eigenvalue weighted by Crippen LogP contribution is 2.21. The standard InChI is InChI=1S/C19H22ClN7OS/c1-25-7-2-8-26(10-9-25)18-6-3-14(11-21-18)27-15(13-23-24-27)12-22-19(28)16-4-5-17(20)29-16/h3-6,11,13H,2,7-10,12H2,1H3,(H,22,28). The highest BCUT2D eigenvalue weighted by molar-refractivity contribution is 7.17. The number of carbonyl (C=O) groups excluding carboxylic acids is 1. The third kappa shape index (κ3) is 4.75. The molecule has 3 aromatic rings. The average Bonchev–Trinajstić information content (AvgIpc) is 3.32. The van der Waals surface area contributed by atoms with Crippen LogP contribution in [0.15, 0.2) is 36.7 Å². The van der Waals surface area contributed by atoms with Gasteiger partial charge in [-0.3, -0.25) is 4.79 Å². The van der Waals surface area contributed by atoms with Crippen LogP contribution in [-0.2, 0) is 6.54 Å². The number of nitrogens with zero attached hydrogens (tertiary/aromatic N) is 6. The lowest BCUT2D eigenvalue weighted by atomic mass is 10.3. The molecule has 1 amide bonds. The number of thiophene rings is 1. The molecule has 0 unspecified atom stereocenters. The summed E-state index contributed by atoms with van der Waals surface area (Å²) in [5.74, 6) is 0.794. The van der Waals surface area contributed by atoms with Gasteiger partial charge in [-0.25, -0.2) is 9.67 Å². The van der Waals surface area contributed by atoms with E-state index in [1.165, 1.54) is 11.3 Å². The van der Waals surface area contributed by atoms with Gasteiger partial charge in [0, 0.05) is 19.6 Å². The van der Waals surface area contributed by atoms with Gasteiger partial charge in [-0.2, -0.15) is 0 Å². The maximum absolute atomic E-state index is 12.2. The number of hydrogen-bond acceptors (Lipinski definition) is 7. The third-order valence-corrected chi connectivity index (χ3v) is 6.10. The van der Waals surface area contributed by atoms with E-state index in [0.717, 1.165) is 49.8 Å². The number of rotatable bonds is 5. The normalized spacial score (nSPS) is 15.3. The van der Waals surface area contributed by atoms with Crippen molar-refractivity contribution in [3.05, 3.63) is 51.6 Å². The van der Waals surface area contributed by atoms with Crippen LogP contribution in [0.2, 0.25) is 4.34 Å². The first-order chi connectivity index (χ1) is 14.1. The van der Waals surface area contributed by atoms with E-state index in [-0.39, 0.29) is 5.91 Å². The maximum Gasteiger partial charge on any atom is 0.261 e. The Bertz CT molecular complexity index is 971. The Hall–Kier alpha value is -2.49. The van der Waals surface area contributed by atoms with Crippen molar-refractivity contribution < 1.29 is 4.79 Å².